The molecule has 0 amide bonds. The second-order valence-electron chi connectivity index (χ2n) is 26.8. The lowest BCUT2D eigenvalue weighted by molar-refractivity contribution is 0.660. The van der Waals surface area contributed by atoms with Crippen LogP contribution in [0.2, 0.25) is 0 Å². The summed E-state index contributed by atoms with van der Waals surface area (Å²) < 4.78 is 21.0. The van der Waals surface area contributed by atoms with Gasteiger partial charge in [-0.2, -0.15) is 0 Å². The Morgan fingerprint density at radius 3 is 0.804 bits per heavy atom. The van der Waals surface area contributed by atoms with Crippen molar-refractivity contribution in [3.63, 3.8) is 0 Å². The molecular formula is C90H64N4O3. The molecule has 0 saturated carbocycles. The average molecular weight is 1250 g/mol. The van der Waals surface area contributed by atoms with Gasteiger partial charge in [-0.05, 0) is 202 Å². The summed E-state index contributed by atoms with van der Waals surface area (Å²) in [6.07, 6.45) is 0. The SMILES string of the molecule is CC1(C)c2ccccc2-c2cccc(N(c3ccc(N(c4ccccc4)c4ccccc4)cc3)c3ccc4c(c3)oc3cc5c(cc34)oc3cc4c(cc35)oc3cc(N(c5ccc(N(c6ccccc6)c6ccccc6)cc5)c5cccc6c5C(C)(C)c5ccccc5-6)ccc34)c21. The lowest BCUT2D eigenvalue weighted by Gasteiger charge is -2.32. The minimum absolute atomic E-state index is 0.269. The van der Waals surface area contributed by atoms with Crippen molar-refractivity contribution in [3.05, 3.63) is 338 Å². The molecule has 0 saturated heterocycles. The minimum Gasteiger partial charge on any atom is -0.456 e. The van der Waals surface area contributed by atoms with Crippen LogP contribution in [0.25, 0.3) is 88.1 Å². The van der Waals surface area contributed by atoms with Crippen molar-refractivity contribution >= 4 is 134 Å². The second kappa shape index (κ2) is 21.6. The molecule has 462 valence electrons. The summed E-state index contributed by atoms with van der Waals surface area (Å²) in [6, 6.07) is 113. The van der Waals surface area contributed by atoms with E-state index >= 15 is 0 Å². The fourth-order valence-electron chi connectivity index (χ4n) is 16.1. The van der Waals surface area contributed by atoms with Crippen LogP contribution < -0.4 is 19.6 Å². The number of hydrogen-bond acceptors (Lipinski definition) is 7. The van der Waals surface area contributed by atoms with Crippen LogP contribution in [0.4, 0.5) is 68.2 Å². The second-order valence-corrected chi connectivity index (χ2v) is 26.8. The third-order valence-corrected chi connectivity index (χ3v) is 20.5. The highest BCUT2D eigenvalue weighted by Gasteiger charge is 2.41. The molecule has 97 heavy (non-hydrogen) atoms. The Hall–Kier alpha value is -12.3. The van der Waals surface area contributed by atoms with Gasteiger partial charge >= 0.3 is 0 Å². The van der Waals surface area contributed by atoms with E-state index in [2.05, 4.69) is 363 Å². The highest BCUT2D eigenvalue weighted by Crippen LogP contribution is 2.57. The van der Waals surface area contributed by atoms with E-state index < -0.39 is 0 Å². The molecule has 3 aromatic heterocycles. The monoisotopic (exact) mass is 1250 g/mol. The van der Waals surface area contributed by atoms with E-state index in [9.17, 15) is 0 Å². The zero-order chi connectivity index (χ0) is 64.7. The van der Waals surface area contributed by atoms with E-state index in [1.165, 1.54) is 44.5 Å². The number of nitrogens with zero attached hydrogens (tertiary/aromatic N) is 4. The number of benzene rings is 14. The zero-order valence-electron chi connectivity index (χ0n) is 54.0. The van der Waals surface area contributed by atoms with Crippen LogP contribution in [0.3, 0.4) is 0 Å². The summed E-state index contributed by atoms with van der Waals surface area (Å²) in [5.74, 6) is 0. The number of rotatable bonds is 12. The third kappa shape index (κ3) is 8.81. The Morgan fingerprint density at radius 1 is 0.206 bits per heavy atom. The number of para-hydroxylation sites is 4. The van der Waals surface area contributed by atoms with Crippen LogP contribution in [0.15, 0.2) is 329 Å². The fourth-order valence-corrected chi connectivity index (χ4v) is 16.1. The molecule has 2 aliphatic rings. The number of fused-ring (bicyclic) bond motifs is 15. The smallest absolute Gasteiger partial charge is 0.137 e. The largest absolute Gasteiger partial charge is 0.456 e. The van der Waals surface area contributed by atoms with Gasteiger partial charge in [0.2, 0.25) is 0 Å². The van der Waals surface area contributed by atoms with Gasteiger partial charge in [0.1, 0.15) is 33.5 Å². The molecular weight excluding hydrogens is 1190 g/mol. The zero-order valence-corrected chi connectivity index (χ0v) is 54.0. The van der Waals surface area contributed by atoms with Crippen molar-refractivity contribution in [2.75, 3.05) is 19.6 Å². The first-order chi connectivity index (χ1) is 47.6. The van der Waals surface area contributed by atoms with Crippen LogP contribution in [0.5, 0.6) is 0 Å². The molecule has 0 bridgehead atoms. The van der Waals surface area contributed by atoms with E-state index in [1.807, 2.05) is 0 Å². The van der Waals surface area contributed by atoms with Gasteiger partial charge in [-0.25, -0.2) is 0 Å². The molecule has 0 unspecified atom stereocenters. The third-order valence-electron chi connectivity index (χ3n) is 20.5. The normalized spacial score (nSPS) is 13.3. The Bertz CT molecular complexity index is 5510. The molecule has 19 rings (SSSR count). The van der Waals surface area contributed by atoms with Gasteiger partial charge in [-0.1, -0.05) is 173 Å². The predicted molar refractivity (Wildman–Crippen MR) is 402 cm³/mol. The maximum atomic E-state index is 7.03. The minimum atomic E-state index is -0.269. The average Bonchev–Trinajstić information content (AvgIpc) is 1.59. The highest BCUT2D eigenvalue weighted by molar-refractivity contribution is 6.19. The number of anilines is 12. The van der Waals surface area contributed by atoms with E-state index in [4.69, 9.17) is 13.3 Å². The van der Waals surface area contributed by atoms with Gasteiger partial charge in [-0.3, -0.25) is 0 Å². The van der Waals surface area contributed by atoms with Crippen molar-refractivity contribution in [1.82, 2.24) is 0 Å². The van der Waals surface area contributed by atoms with Crippen LogP contribution >= 0.6 is 0 Å². The van der Waals surface area contributed by atoms with Crippen molar-refractivity contribution in [1.29, 1.82) is 0 Å². The van der Waals surface area contributed by atoms with Crippen LogP contribution in [-0.2, 0) is 10.8 Å². The Labute approximate surface area is 562 Å². The van der Waals surface area contributed by atoms with Crippen LogP contribution in [0.1, 0.15) is 49.9 Å². The fraction of sp³-hybridized carbons (Fsp3) is 0.0667. The van der Waals surface area contributed by atoms with Gasteiger partial charge in [0, 0.05) is 112 Å². The quantitative estimate of drug-likeness (QED) is 0.121. The predicted octanol–water partition coefficient (Wildman–Crippen LogP) is 25.9. The molecule has 7 heteroatoms. The summed E-state index contributed by atoms with van der Waals surface area (Å²) in [5, 5.41) is 5.93. The molecule has 0 spiro atoms. The van der Waals surface area contributed by atoms with Gasteiger partial charge in [-0.15, -0.1) is 0 Å². The molecule has 3 heterocycles. The van der Waals surface area contributed by atoms with Crippen molar-refractivity contribution in [2.45, 2.75) is 38.5 Å². The first-order valence-corrected chi connectivity index (χ1v) is 33.4. The Balaban J connectivity index is 0.712. The summed E-state index contributed by atoms with van der Waals surface area (Å²) in [7, 11) is 0. The maximum absolute atomic E-state index is 7.03. The van der Waals surface area contributed by atoms with E-state index in [0.717, 1.165) is 134 Å². The summed E-state index contributed by atoms with van der Waals surface area (Å²) in [4.78, 5) is 9.43. The Kier molecular flexibility index (Phi) is 12.5. The molecule has 0 aliphatic heterocycles. The molecule has 0 atom stereocenters. The number of furan rings is 3. The van der Waals surface area contributed by atoms with Crippen molar-refractivity contribution in [3.8, 4) is 22.3 Å². The molecule has 0 fully saturated rings. The van der Waals surface area contributed by atoms with Gasteiger partial charge in [0.05, 0.1) is 11.4 Å². The van der Waals surface area contributed by atoms with E-state index in [1.54, 1.807) is 0 Å². The molecule has 7 nitrogen and oxygen atoms in total. The van der Waals surface area contributed by atoms with Crippen LogP contribution in [-0.4, -0.2) is 0 Å². The van der Waals surface area contributed by atoms with Gasteiger partial charge < -0.3 is 32.9 Å². The van der Waals surface area contributed by atoms with E-state index in [-0.39, 0.29) is 10.8 Å². The first-order valence-electron chi connectivity index (χ1n) is 33.4. The maximum Gasteiger partial charge on any atom is 0.137 e. The summed E-state index contributed by atoms with van der Waals surface area (Å²) in [6.45, 7) is 9.42. The van der Waals surface area contributed by atoms with Gasteiger partial charge in [0.15, 0.2) is 0 Å². The van der Waals surface area contributed by atoms with E-state index in [0.29, 0.717) is 0 Å². The molecule has 0 radical (unpaired) electrons. The Morgan fingerprint density at radius 2 is 0.464 bits per heavy atom. The molecule has 0 N–H and O–H groups in total. The standard InChI is InChI=1S/C90H64N4O3/c1-89(2)77-35-19-17-31-67(77)71-33-21-37-79(87(71)89)93(63-43-39-61(40-44-63)91(57-23-9-5-10-24-57)58-25-11-6-12-26-58)65-47-49-69-73-53-85-75(55-83(73)95-81(69)51-65)76-56-84-74(54-86(76)97-85)70-50-48-66(52-82(70)96-84)94(80-38-22-34-72-68-32-18-20-36-78(68)90(3,4)88(72)80)64-45-41-62(42-46-64)92(59-27-13-7-14-28-59)60-29-15-8-16-30-60/h5-56H,1-4H3. The first kappa shape index (κ1) is 56.2. The summed E-state index contributed by atoms with van der Waals surface area (Å²) >= 11 is 0. The van der Waals surface area contributed by atoms with Crippen molar-refractivity contribution < 1.29 is 13.3 Å². The summed E-state index contributed by atoms with van der Waals surface area (Å²) in [5.41, 5.74) is 27.2. The van der Waals surface area contributed by atoms with Crippen LogP contribution in [0, 0.1) is 0 Å². The molecule has 2 aliphatic carbocycles. The molecule has 17 aromatic rings. The topological polar surface area (TPSA) is 52.4 Å². The van der Waals surface area contributed by atoms with Crippen molar-refractivity contribution in [2.24, 2.45) is 0 Å². The van der Waals surface area contributed by atoms with Gasteiger partial charge in [0.25, 0.3) is 0 Å². The lowest BCUT2D eigenvalue weighted by Crippen LogP contribution is -2.20. The lowest BCUT2D eigenvalue weighted by atomic mass is 9.81. The molecule has 14 aromatic carbocycles. The number of hydrogen-bond donors (Lipinski definition) is 0. The highest BCUT2D eigenvalue weighted by atomic mass is 16.3.